The standard InChI is InChI=1S/C19H37ClNO2P/c1-3-4-5-6-7-8-9-10-11-12-13-14-15-16-18(2)19-17-23-24(20,22)21-19/h15-16,18-19H,3-14,17H2,1-2H3,(H,21,22)/b16-15-/t18-,19+,24?/m1/s1. The highest BCUT2D eigenvalue weighted by Gasteiger charge is 2.34. The molecule has 1 aliphatic rings. The van der Waals surface area contributed by atoms with Crippen molar-refractivity contribution in [2.75, 3.05) is 6.61 Å². The number of unbranched alkanes of at least 4 members (excludes halogenated alkanes) is 11. The van der Waals surface area contributed by atoms with Gasteiger partial charge < -0.3 is 4.52 Å². The van der Waals surface area contributed by atoms with Crippen molar-refractivity contribution in [1.29, 1.82) is 0 Å². The topological polar surface area (TPSA) is 38.3 Å². The van der Waals surface area contributed by atoms with Crippen molar-refractivity contribution in [3.8, 4) is 0 Å². The fourth-order valence-electron chi connectivity index (χ4n) is 3.09. The van der Waals surface area contributed by atoms with E-state index in [1.54, 1.807) is 0 Å². The summed E-state index contributed by atoms with van der Waals surface area (Å²) in [5, 5.41) is 2.87. The van der Waals surface area contributed by atoms with Crippen LogP contribution >= 0.6 is 18.1 Å². The Balaban J connectivity index is 1.89. The van der Waals surface area contributed by atoms with Crippen LogP contribution in [0.25, 0.3) is 0 Å². The third kappa shape index (κ3) is 10.9. The first-order chi connectivity index (χ1) is 11.5. The Bertz CT molecular complexity index is 390. The molecule has 0 spiro atoms. The molecule has 3 atom stereocenters. The van der Waals surface area contributed by atoms with Crippen LogP contribution in [0.15, 0.2) is 12.2 Å². The summed E-state index contributed by atoms with van der Waals surface area (Å²) >= 11 is 5.69. The maximum atomic E-state index is 11.5. The molecule has 1 unspecified atom stereocenters. The molecule has 0 bridgehead atoms. The van der Waals surface area contributed by atoms with E-state index in [2.05, 4.69) is 31.1 Å². The molecule has 1 N–H and O–H groups in total. The molecule has 1 saturated heterocycles. The minimum absolute atomic E-state index is 0.0712. The third-order valence-corrected chi connectivity index (χ3v) is 6.50. The van der Waals surface area contributed by atoms with E-state index >= 15 is 0 Å². The van der Waals surface area contributed by atoms with E-state index in [9.17, 15) is 4.57 Å². The number of hydrogen-bond donors (Lipinski definition) is 1. The highest BCUT2D eigenvalue weighted by Crippen LogP contribution is 2.53. The number of nitrogens with one attached hydrogen (secondary N) is 1. The van der Waals surface area contributed by atoms with Crippen molar-refractivity contribution in [1.82, 2.24) is 5.09 Å². The van der Waals surface area contributed by atoms with Crippen molar-refractivity contribution in [3.63, 3.8) is 0 Å². The molecule has 0 aromatic heterocycles. The van der Waals surface area contributed by atoms with Gasteiger partial charge in [-0.25, -0.2) is 5.09 Å². The van der Waals surface area contributed by atoms with Crippen molar-refractivity contribution in [2.45, 2.75) is 96.9 Å². The Labute approximate surface area is 154 Å². The molecule has 1 rings (SSSR count). The first-order valence-corrected chi connectivity index (χ1v) is 12.5. The van der Waals surface area contributed by atoms with Crippen LogP contribution < -0.4 is 5.09 Å². The lowest BCUT2D eigenvalue weighted by atomic mass is 10.0. The SMILES string of the molecule is CCCCCCCCCCCCC/C=C\[C@@H](C)[C@@H]1COP(=O)(Cl)N1. The van der Waals surface area contributed by atoms with Gasteiger partial charge in [0.25, 0.3) is 0 Å². The van der Waals surface area contributed by atoms with Crippen molar-refractivity contribution >= 4 is 18.1 Å². The summed E-state index contributed by atoms with van der Waals surface area (Å²) in [5.74, 6) is 0.298. The van der Waals surface area contributed by atoms with Gasteiger partial charge in [0.15, 0.2) is 0 Å². The Morgan fingerprint density at radius 3 is 2.12 bits per heavy atom. The summed E-state index contributed by atoms with van der Waals surface area (Å²) < 4.78 is 16.6. The van der Waals surface area contributed by atoms with Gasteiger partial charge in [-0.05, 0) is 30.0 Å². The molecular weight excluding hydrogens is 341 g/mol. The summed E-state index contributed by atoms with van der Waals surface area (Å²) in [6.45, 7) is 1.78. The summed E-state index contributed by atoms with van der Waals surface area (Å²) in [7, 11) is 0. The average Bonchev–Trinajstić information content (AvgIpc) is 2.92. The molecule has 1 heterocycles. The monoisotopic (exact) mass is 377 g/mol. The first-order valence-electron chi connectivity index (χ1n) is 9.94. The van der Waals surface area contributed by atoms with Gasteiger partial charge in [-0.15, -0.1) is 0 Å². The average molecular weight is 378 g/mol. The minimum atomic E-state index is -3.04. The highest BCUT2D eigenvalue weighted by atomic mass is 35.7. The molecule has 0 aromatic rings. The van der Waals surface area contributed by atoms with Crippen LogP contribution in [0.3, 0.4) is 0 Å². The van der Waals surface area contributed by atoms with Crippen molar-refractivity contribution in [3.05, 3.63) is 12.2 Å². The Hall–Kier alpha value is 0.180. The second kappa shape index (κ2) is 13.4. The van der Waals surface area contributed by atoms with Crippen LogP contribution in [-0.2, 0) is 9.09 Å². The lowest BCUT2D eigenvalue weighted by molar-refractivity contribution is 0.321. The van der Waals surface area contributed by atoms with E-state index in [1.807, 2.05) is 0 Å². The van der Waals surface area contributed by atoms with Crippen LogP contribution in [0.1, 0.15) is 90.9 Å². The Kier molecular flexibility index (Phi) is 12.4. The summed E-state index contributed by atoms with van der Waals surface area (Å²) in [6.07, 6.45) is 20.8. The van der Waals surface area contributed by atoms with Crippen LogP contribution in [0.2, 0.25) is 0 Å². The Morgan fingerprint density at radius 1 is 1.08 bits per heavy atom. The zero-order valence-corrected chi connectivity index (χ0v) is 17.3. The molecule has 0 aliphatic carbocycles. The van der Waals surface area contributed by atoms with Gasteiger partial charge >= 0.3 is 6.87 Å². The van der Waals surface area contributed by atoms with Crippen LogP contribution in [0.5, 0.6) is 0 Å². The quantitative estimate of drug-likeness (QED) is 0.197. The zero-order chi connectivity index (χ0) is 17.7. The van der Waals surface area contributed by atoms with Gasteiger partial charge in [-0.3, -0.25) is 4.57 Å². The van der Waals surface area contributed by atoms with Gasteiger partial charge in [-0.1, -0.05) is 90.2 Å². The smallest absolute Gasteiger partial charge is 0.305 e. The van der Waals surface area contributed by atoms with Gasteiger partial charge in [-0.2, -0.15) is 0 Å². The highest BCUT2D eigenvalue weighted by molar-refractivity contribution is 7.83. The molecule has 3 nitrogen and oxygen atoms in total. The van der Waals surface area contributed by atoms with E-state index in [4.69, 9.17) is 15.8 Å². The maximum absolute atomic E-state index is 11.5. The molecule has 1 fully saturated rings. The number of allylic oxidation sites excluding steroid dienone is 1. The van der Waals surface area contributed by atoms with Crippen LogP contribution in [0.4, 0.5) is 0 Å². The molecule has 142 valence electrons. The fourth-order valence-corrected chi connectivity index (χ4v) is 4.77. The molecule has 0 amide bonds. The molecule has 1 aliphatic heterocycles. The predicted octanol–water partition coefficient (Wildman–Crippen LogP) is 7.22. The fraction of sp³-hybridized carbons (Fsp3) is 0.895. The number of rotatable bonds is 14. The van der Waals surface area contributed by atoms with Crippen molar-refractivity contribution in [2.24, 2.45) is 5.92 Å². The van der Waals surface area contributed by atoms with E-state index in [-0.39, 0.29) is 6.04 Å². The molecule has 0 saturated carbocycles. The molecule has 0 aromatic carbocycles. The van der Waals surface area contributed by atoms with Gasteiger partial charge in [0.2, 0.25) is 0 Å². The number of hydrogen-bond acceptors (Lipinski definition) is 2. The van der Waals surface area contributed by atoms with E-state index in [0.29, 0.717) is 12.5 Å². The number of halogens is 1. The van der Waals surface area contributed by atoms with Gasteiger partial charge in [0.1, 0.15) is 0 Å². The zero-order valence-electron chi connectivity index (χ0n) is 15.6. The summed E-state index contributed by atoms with van der Waals surface area (Å²) in [6, 6.07) is 0.0712. The lowest BCUT2D eigenvalue weighted by Crippen LogP contribution is -2.27. The van der Waals surface area contributed by atoms with Gasteiger partial charge in [0.05, 0.1) is 6.61 Å². The van der Waals surface area contributed by atoms with Crippen LogP contribution in [-0.4, -0.2) is 12.6 Å². The molecule has 5 heteroatoms. The summed E-state index contributed by atoms with van der Waals surface area (Å²) in [5.41, 5.74) is 0. The van der Waals surface area contributed by atoms with Crippen molar-refractivity contribution < 1.29 is 9.09 Å². The van der Waals surface area contributed by atoms with E-state index < -0.39 is 6.87 Å². The maximum Gasteiger partial charge on any atom is 0.360 e. The van der Waals surface area contributed by atoms with E-state index in [1.165, 1.54) is 70.6 Å². The normalized spacial score (nSPS) is 25.5. The lowest BCUT2D eigenvalue weighted by Gasteiger charge is -2.13. The third-order valence-electron chi connectivity index (χ3n) is 4.79. The molecule has 24 heavy (non-hydrogen) atoms. The Morgan fingerprint density at radius 2 is 1.62 bits per heavy atom. The first kappa shape index (κ1) is 22.2. The minimum Gasteiger partial charge on any atom is -0.305 e. The predicted molar refractivity (Wildman–Crippen MR) is 106 cm³/mol. The van der Waals surface area contributed by atoms with Gasteiger partial charge in [0, 0.05) is 6.04 Å². The largest absolute Gasteiger partial charge is 0.360 e. The second-order valence-corrected chi connectivity index (χ2v) is 9.93. The molecular formula is C19H37ClNO2P. The summed E-state index contributed by atoms with van der Waals surface area (Å²) in [4.78, 5) is 0. The van der Waals surface area contributed by atoms with E-state index in [0.717, 1.165) is 6.42 Å². The molecule has 0 radical (unpaired) electrons. The van der Waals surface area contributed by atoms with Crippen LogP contribution in [0, 0.1) is 5.92 Å². The second-order valence-electron chi connectivity index (χ2n) is 7.12.